The number of aromatic nitrogens is 3. The first kappa shape index (κ1) is 16.9. The Kier molecular flexibility index (Phi) is 4.92. The molecule has 0 aliphatic rings. The number of amides is 1. The average Bonchev–Trinajstić information content (AvgIpc) is 3.24. The van der Waals surface area contributed by atoms with Crippen LogP contribution in [0, 0.1) is 12.8 Å². The summed E-state index contributed by atoms with van der Waals surface area (Å²) in [6, 6.07) is 10.7. The van der Waals surface area contributed by atoms with Gasteiger partial charge in [-0.15, -0.1) is 10.2 Å². The van der Waals surface area contributed by atoms with Crippen LogP contribution in [0.3, 0.4) is 0 Å². The highest BCUT2D eigenvalue weighted by Crippen LogP contribution is 2.23. The smallest absolute Gasteiger partial charge is 0.274 e. The monoisotopic (exact) mass is 340 g/mol. The Morgan fingerprint density at radius 1 is 1.20 bits per heavy atom. The van der Waals surface area contributed by atoms with Gasteiger partial charge in [-0.3, -0.25) is 4.79 Å². The van der Waals surface area contributed by atoms with Crippen molar-refractivity contribution in [3.8, 4) is 11.3 Å². The highest BCUT2D eigenvalue weighted by atomic mass is 16.5. The van der Waals surface area contributed by atoms with Gasteiger partial charge in [0.2, 0.25) is 11.8 Å². The number of hydrogen-bond donors (Lipinski definition) is 1. The summed E-state index contributed by atoms with van der Waals surface area (Å²) in [5, 5.41) is 14.6. The van der Waals surface area contributed by atoms with Crippen molar-refractivity contribution in [3.05, 3.63) is 53.9 Å². The predicted molar refractivity (Wildman–Crippen MR) is 90.6 cm³/mol. The average molecular weight is 340 g/mol. The lowest BCUT2D eigenvalue weighted by atomic mass is 10.0. The van der Waals surface area contributed by atoms with Gasteiger partial charge in [-0.25, -0.2) is 0 Å². The number of hydrogen-bond acceptors (Lipinski definition) is 6. The van der Waals surface area contributed by atoms with Crippen molar-refractivity contribution < 1.29 is 13.7 Å². The van der Waals surface area contributed by atoms with Crippen LogP contribution in [0.1, 0.15) is 48.6 Å². The van der Waals surface area contributed by atoms with Crippen LogP contribution >= 0.6 is 0 Å². The predicted octanol–water partition coefficient (Wildman–Crippen LogP) is 3.55. The van der Waals surface area contributed by atoms with Gasteiger partial charge in [0.15, 0.2) is 11.5 Å². The molecule has 0 spiro atoms. The van der Waals surface area contributed by atoms with E-state index in [0.29, 0.717) is 29.9 Å². The van der Waals surface area contributed by atoms with Crippen molar-refractivity contribution in [2.75, 3.05) is 0 Å². The molecule has 1 aromatic carbocycles. The molecule has 3 aromatic rings. The van der Waals surface area contributed by atoms with Crippen LogP contribution in [0.4, 0.5) is 0 Å². The van der Waals surface area contributed by atoms with Crippen molar-refractivity contribution in [3.63, 3.8) is 0 Å². The van der Waals surface area contributed by atoms with Crippen LogP contribution < -0.4 is 5.32 Å². The maximum Gasteiger partial charge on any atom is 0.274 e. The highest BCUT2D eigenvalue weighted by Gasteiger charge is 2.24. The molecule has 0 aliphatic carbocycles. The normalized spacial score (nSPS) is 12.3. The van der Waals surface area contributed by atoms with Gasteiger partial charge in [-0.05, 0) is 12.3 Å². The number of nitrogens with one attached hydrogen (secondary N) is 1. The van der Waals surface area contributed by atoms with E-state index >= 15 is 0 Å². The summed E-state index contributed by atoms with van der Waals surface area (Å²) in [5.41, 5.74) is 1.07. The van der Waals surface area contributed by atoms with E-state index in [1.54, 1.807) is 13.0 Å². The van der Waals surface area contributed by atoms with E-state index in [-0.39, 0.29) is 17.6 Å². The SMILES string of the molecule is Cc1nnc(C(CC(C)C)NC(=O)c2cc(-c3ccccc3)on2)o1. The molecular weight excluding hydrogens is 320 g/mol. The molecule has 1 amide bonds. The van der Waals surface area contributed by atoms with Crippen molar-refractivity contribution >= 4 is 5.91 Å². The van der Waals surface area contributed by atoms with E-state index in [4.69, 9.17) is 8.94 Å². The maximum atomic E-state index is 12.5. The number of aryl methyl sites for hydroxylation is 1. The fourth-order valence-corrected chi connectivity index (χ4v) is 2.50. The third-order valence-corrected chi connectivity index (χ3v) is 3.65. The van der Waals surface area contributed by atoms with Gasteiger partial charge in [-0.1, -0.05) is 49.3 Å². The van der Waals surface area contributed by atoms with Crippen molar-refractivity contribution in [1.82, 2.24) is 20.7 Å². The molecule has 1 unspecified atom stereocenters. The first-order valence-electron chi connectivity index (χ1n) is 8.16. The zero-order valence-corrected chi connectivity index (χ0v) is 14.4. The van der Waals surface area contributed by atoms with Crippen molar-refractivity contribution in [2.24, 2.45) is 5.92 Å². The second-order valence-corrected chi connectivity index (χ2v) is 6.26. The molecule has 0 radical (unpaired) electrons. The Labute approximate surface area is 145 Å². The van der Waals surface area contributed by atoms with Gasteiger partial charge in [0.1, 0.15) is 6.04 Å². The number of carbonyl (C=O) groups is 1. The van der Waals surface area contributed by atoms with Gasteiger partial charge in [0.05, 0.1) is 0 Å². The third-order valence-electron chi connectivity index (χ3n) is 3.65. The Hall–Kier alpha value is -2.96. The first-order valence-corrected chi connectivity index (χ1v) is 8.16. The number of carbonyl (C=O) groups excluding carboxylic acids is 1. The first-order chi connectivity index (χ1) is 12.0. The molecule has 0 saturated carbocycles. The van der Waals surface area contributed by atoms with Gasteiger partial charge in [-0.2, -0.15) is 0 Å². The van der Waals surface area contributed by atoms with Crippen LogP contribution in [0.15, 0.2) is 45.3 Å². The largest absolute Gasteiger partial charge is 0.423 e. The summed E-state index contributed by atoms with van der Waals surface area (Å²) in [6.45, 7) is 5.84. The highest BCUT2D eigenvalue weighted by molar-refractivity contribution is 5.93. The minimum atomic E-state index is -0.370. The van der Waals surface area contributed by atoms with Gasteiger partial charge in [0, 0.05) is 18.6 Å². The van der Waals surface area contributed by atoms with Crippen molar-refractivity contribution in [1.29, 1.82) is 0 Å². The van der Waals surface area contributed by atoms with Crippen LogP contribution in [0.5, 0.6) is 0 Å². The molecule has 2 heterocycles. The molecule has 7 nitrogen and oxygen atoms in total. The number of benzene rings is 1. The van der Waals surface area contributed by atoms with Gasteiger partial charge < -0.3 is 14.3 Å². The van der Waals surface area contributed by atoms with E-state index in [0.717, 1.165) is 5.56 Å². The fourth-order valence-electron chi connectivity index (χ4n) is 2.50. The van der Waals surface area contributed by atoms with Crippen LogP contribution in [-0.2, 0) is 0 Å². The number of rotatable bonds is 6. The Bertz CT molecular complexity index is 839. The number of nitrogens with zero attached hydrogens (tertiary/aromatic N) is 3. The van der Waals surface area contributed by atoms with E-state index in [9.17, 15) is 4.79 Å². The zero-order valence-electron chi connectivity index (χ0n) is 14.4. The molecule has 1 N–H and O–H groups in total. The lowest BCUT2D eigenvalue weighted by Crippen LogP contribution is -2.30. The Morgan fingerprint density at radius 2 is 1.96 bits per heavy atom. The lowest BCUT2D eigenvalue weighted by Gasteiger charge is -2.16. The molecule has 1 atom stereocenters. The second-order valence-electron chi connectivity index (χ2n) is 6.26. The lowest BCUT2D eigenvalue weighted by molar-refractivity contribution is 0.0915. The molecule has 3 rings (SSSR count). The quantitative estimate of drug-likeness (QED) is 0.737. The second kappa shape index (κ2) is 7.29. The molecule has 0 aliphatic heterocycles. The van der Waals surface area contributed by atoms with Crippen LogP contribution in [0.2, 0.25) is 0 Å². The fraction of sp³-hybridized carbons (Fsp3) is 0.333. The van der Waals surface area contributed by atoms with E-state index in [2.05, 4.69) is 34.5 Å². The standard InChI is InChI=1S/C18H20N4O3/c1-11(2)9-15(18-21-20-12(3)24-18)19-17(23)14-10-16(25-22-14)13-7-5-4-6-8-13/h4-8,10-11,15H,9H2,1-3H3,(H,19,23). The van der Waals surface area contributed by atoms with Crippen LogP contribution in [0.25, 0.3) is 11.3 Å². The molecule has 2 aromatic heterocycles. The molecule has 0 bridgehead atoms. The molecule has 0 saturated heterocycles. The molecule has 130 valence electrons. The Balaban J connectivity index is 1.76. The third kappa shape index (κ3) is 4.12. The summed E-state index contributed by atoms with van der Waals surface area (Å²) in [6.07, 6.45) is 0.677. The topological polar surface area (TPSA) is 94.1 Å². The van der Waals surface area contributed by atoms with Gasteiger partial charge >= 0.3 is 0 Å². The summed E-state index contributed by atoms with van der Waals surface area (Å²) in [5.74, 6) is 1.40. The van der Waals surface area contributed by atoms with E-state index in [1.165, 1.54) is 0 Å². The minimum Gasteiger partial charge on any atom is -0.423 e. The van der Waals surface area contributed by atoms with Crippen molar-refractivity contribution in [2.45, 2.75) is 33.2 Å². The summed E-state index contributed by atoms with van der Waals surface area (Å²) >= 11 is 0. The molecule has 25 heavy (non-hydrogen) atoms. The summed E-state index contributed by atoms with van der Waals surface area (Å²) < 4.78 is 10.8. The molecule has 0 fully saturated rings. The van der Waals surface area contributed by atoms with E-state index in [1.807, 2.05) is 30.3 Å². The molecule has 7 heteroatoms. The molecular formula is C18H20N4O3. The summed E-state index contributed by atoms with van der Waals surface area (Å²) in [4.78, 5) is 12.5. The zero-order chi connectivity index (χ0) is 17.8. The minimum absolute atomic E-state index is 0.212. The van der Waals surface area contributed by atoms with Gasteiger partial charge in [0.25, 0.3) is 5.91 Å². The maximum absolute atomic E-state index is 12.5. The summed E-state index contributed by atoms with van der Waals surface area (Å²) in [7, 11) is 0. The Morgan fingerprint density at radius 3 is 2.60 bits per heavy atom. The van der Waals surface area contributed by atoms with E-state index < -0.39 is 0 Å². The van der Waals surface area contributed by atoms with Crippen LogP contribution in [-0.4, -0.2) is 21.3 Å².